The minimum Gasteiger partial charge on any atom is -0.469 e. The summed E-state index contributed by atoms with van der Waals surface area (Å²) >= 11 is 11.4. The van der Waals surface area contributed by atoms with E-state index >= 15 is 0 Å². The second-order valence-electron chi connectivity index (χ2n) is 4.60. The van der Waals surface area contributed by atoms with E-state index in [0.717, 1.165) is 11.1 Å². The van der Waals surface area contributed by atoms with Crippen LogP contribution in [0.2, 0.25) is 0 Å². The first-order chi connectivity index (χ1) is 10.9. The number of methoxy groups -OCH3 is 1. The van der Waals surface area contributed by atoms with Crippen molar-refractivity contribution in [1.82, 2.24) is 0 Å². The van der Waals surface area contributed by atoms with Crippen LogP contribution < -0.4 is 5.73 Å². The number of hydrogen-bond donors (Lipinski definition) is 1. The molecule has 0 aliphatic rings. The zero-order chi connectivity index (χ0) is 17.2. The summed E-state index contributed by atoms with van der Waals surface area (Å²) in [7, 11) is 1.38. The first-order valence-corrected chi connectivity index (χ1v) is 7.53. The summed E-state index contributed by atoms with van der Waals surface area (Å²) in [5.74, 6) is 5.69. The van der Waals surface area contributed by atoms with E-state index in [-0.39, 0.29) is 11.1 Å². The maximum atomic E-state index is 11.1. The SMILES string of the molecule is C=C(Cl)/C=C(C#Cc1ccc(CCC(=O)OC)cc1)\C=C(/N)Cl. The molecule has 23 heavy (non-hydrogen) atoms. The molecular formula is C18H17Cl2NO2. The molecule has 1 rings (SSSR count). The number of ether oxygens (including phenoxy) is 1. The Morgan fingerprint density at radius 3 is 2.48 bits per heavy atom. The number of allylic oxidation sites excluding steroid dienone is 4. The van der Waals surface area contributed by atoms with Gasteiger partial charge in [-0.2, -0.15) is 0 Å². The molecule has 0 amide bonds. The Balaban J connectivity index is 2.83. The van der Waals surface area contributed by atoms with Gasteiger partial charge in [0.05, 0.1) is 7.11 Å². The van der Waals surface area contributed by atoms with Crippen molar-refractivity contribution >= 4 is 29.2 Å². The van der Waals surface area contributed by atoms with Gasteiger partial charge in [0.15, 0.2) is 0 Å². The Morgan fingerprint density at radius 2 is 1.96 bits per heavy atom. The molecule has 0 aliphatic heterocycles. The van der Waals surface area contributed by atoms with Crippen molar-refractivity contribution in [3.05, 3.63) is 69.9 Å². The third-order valence-electron chi connectivity index (χ3n) is 2.76. The number of hydrogen-bond acceptors (Lipinski definition) is 3. The van der Waals surface area contributed by atoms with Gasteiger partial charge in [0.2, 0.25) is 0 Å². The molecule has 0 spiro atoms. The van der Waals surface area contributed by atoms with Crippen molar-refractivity contribution in [2.75, 3.05) is 7.11 Å². The fourth-order valence-electron chi connectivity index (χ4n) is 1.68. The van der Waals surface area contributed by atoms with Crippen LogP contribution in [0, 0.1) is 11.8 Å². The smallest absolute Gasteiger partial charge is 0.305 e. The number of carbonyl (C=O) groups excluding carboxylic acids is 1. The monoisotopic (exact) mass is 349 g/mol. The molecule has 3 nitrogen and oxygen atoms in total. The fourth-order valence-corrected chi connectivity index (χ4v) is 1.91. The minimum absolute atomic E-state index is 0.113. The van der Waals surface area contributed by atoms with Crippen molar-refractivity contribution in [2.24, 2.45) is 5.73 Å². The third kappa shape index (κ3) is 8.15. The lowest BCUT2D eigenvalue weighted by Crippen LogP contribution is -2.01. The van der Waals surface area contributed by atoms with Gasteiger partial charge in [-0.25, -0.2) is 0 Å². The van der Waals surface area contributed by atoms with E-state index in [2.05, 4.69) is 23.2 Å². The molecule has 0 fully saturated rings. The molecule has 5 heteroatoms. The summed E-state index contributed by atoms with van der Waals surface area (Å²) in [6, 6.07) is 7.59. The van der Waals surface area contributed by atoms with Crippen LogP contribution in [0.3, 0.4) is 0 Å². The van der Waals surface area contributed by atoms with E-state index in [1.54, 1.807) is 6.08 Å². The Kier molecular flexibility index (Phi) is 8.04. The van der Waals surface area contributed by atoms with E-state index in [0.29, 0.717) is 23.4 Å². The summed E-state index contributed by atoms with van der Waals surface area (Å²) in [4.78, 5) is 11.1. The van der Waals surface area contributed by atoms with Gasteiger partial charge in [-0.3, -0.25) is 4.79 Å². The van der Waals surface area contributed by atoms with Gasteiger partial charge in [-0.05, 0) is 36.3 Å². The molecule has 1 aromatic rings. The molecule has 0 aliphatic carbocycles. The highest BCUT2D eigenvalue weighted by atomic mass is 35.5. The van der Waals surface area contributed by atoms with E-state index in [4.69, 9.17) is 28.9 Å². The number of carbonyl (C=O) groups is 1. The summed E-state index contributed by atoms with van der Waals surface area (Å²) in [5.41, 5.74) is 7.85. The van der Waals surface area contributed by atoms with E-state index in [1.807, 2.05) is 24.3 Å². The van der Waals surface area contributed by atoms with Crippen LogP contribution in [-0.4, -0.2) is 13.1 Å². The zero-order valence-corrected chi connectivity index (χ0v) is 14.2. The van der Waals surface area contributed by atoms with Crippen LogP contribution in [0.15, 0.2) is 58.8 Å². The first-order valence-electron chi connectivity index (χ1n) is 6.77. The normalized spacial score (nSPS) is 11.4. The molecule has 0 radical (unpaired) electrons. The maximum absolute atomic E-state index is 11.1. The predicted molar refractivity (Wildman–Crippen MR) is 94.9 cm³/mol. The second-order valence-corrected chi connectivity index (χ2v) is 5.52. The van der Waals surface area contributed by atoms with Crippen molar-refractivity contribution in [3.8, 4) is 11.8 Å². The van der Waals surface area contributed by atoms with Gasteiger partial charge in [0.1, 0.15) is 5.16 Å². The number of benzene rings is 1. The van der Waals surface area contributed by atoms with Crippen LogP contribution in [0.1, 0.15) is 17.5 Å². The molecule has 1 aromatic carbocycles. The van der Waals surface area contributed by atoms with Gasteiger partial charge in [0, 0.05) is 22.6 Å². The number of nitrogens with two attached hydrogens (primary N) is 1. The minimum atomic E-state index is -0.226. The number of rotatable bonds is 5. The lowest BCUT2D eigenvalue weighted by Gasteiger charge is -2.00. The Hall–Kier alpha value is -2.15. The average Bonchev–Trinajstić information content (AvgIpc) is 2.50. The van der Waals surface area contributed by atoms with Crippen molar-refractivity contribution < 1.29 is 9.53 Å². The Morgan fingerprint density at radius 1 is 1.30 bits per heavy atom. The van der Waals surface area contributed by atoms with Crippen LogP contribution >= 0.6 is 23.2 Å². The second kappa shape index (κ2) is 9.78. The zero-order valence-electron chi connectivity index (χ0n) is 12.7. The molecule has 120 valence electrons. The van der Waals surface area contributed by atoms with Crippen molar-refractivity contribution in [2.45, 2.75) is 12.8 Å². The molecule has 0 atom stereocenters. The molecule has 0 heterocycles. The molecule has 0 bridgehead atoms. The van der Waals surface area contributed by atoms with Crippen LogP contribution in [0.25, 0.3) is 0 Å². The molecule has 0 saturated heterocycles. The van der Waals surface area contributed by atoms with Gasteiger partial charge < -0.3 is 10.5 Å². The average molecular weight is 350 g/mol. The first kappa shape index (κ1) is 18.9. The Bertz CT molecular complexity index is 688. The molecule has 0 unspecified atom stereocenters. The van der Waals surface area contributed by atoms with Crippen molar-refractivity contribution in [1.29, 1.82) is 0 Å². The van der Waals surface area contributed by atoms with Crippen LogP contribution in [0.5, 0.6) is 0 Å². The highest BCUT2D eigenvalue weighted by Crippen LogP contribution is 2.10. The summed E-state index contributed by atoms with van der Waals surface area (Å²) in [6.07, 6.45) is 4.07. The van der Waals surface area contributed by atoms with E-state index in [1.165, 1.54) is 13.2 Å². The molecule has 2 N–H and O–H groups in total. The number of halogens is 2. The quantitative estimate of drug-likeness (QED) is 0.380. The van der Waals surface area contributed by atoms with Crippen LogP contribution in [-0.2, 0) is 16.0 Å². The predicted octanol–water partition coefficient (Wildman–Crippen LogP) is 3.86. The van der Waals surface area contributed by atoms with Gasteiger partial charge in [0.25, 0.3) is 0 Å². The maximum Gasteiger partial charge on any atom is 0.305 e. The van der Waals surface area contributed by atoms with Crippen LogP contribution in [0.4, 0.5) is 0 Å². The lowest BCUT2D eigenvalue weighted by molar-refractivity contribution is -0.140. The van der Waals surface area contributed by atoms with Crippen molar-refractivity contribution in [3.63, 3.8) is 0 Å². The van der Waals surface area contributed by atoms with E-state index < -0.39 is 0 Å². The number of esters is 1. The number of aryl methyl sites for hydroxylation is 1. The Labute approximate surface area is 146 Å². The fraction of sp³-hybridized carbons (Fsp3) is 0.167. The molecule has 0 saturated carbocycles. The summed E-state index contributed by atoms with van der Waals surface area (Å²) in [6.45, 7) is 3.58. The summed E-state index contributed by atoms with van der Waals surface area (Å²) < 4.78 is 4.61. The topological polar surface area (TPSA) is 52.3 Å². The highest BCUT2D eigenvalue weighted by molar-refractivity contribution is 6.31. The van der Waals surface area contributed by atoms with Gasteiger partial charge >= 0.3 is 5.97 Å². The lowest BCUT2D eigenvalue weighted by atomic mass is 10.1. The molecular weight excluding hydrogens is 333 g/mol. The standard InChI is InChI=1S/C18H17Cl2NO2/c1-13(19)11-16(12-17(20)21)8-7-14-3-5-15(6-4-14)9-10-18(22)23-2/h3-6,11-12H,1,9-10,21H2,2H3/b16-11-,17-12-. The third-order valence-corrected chi connectivity index (χ3v) is 2.97. The molecule has 0 aromatic heterocycles. The van der Waals surface area contributed by atoms with E-state index in [9.17, 15) is 4.79 Å². The highest BCUT2D eigenvalue weighted by Gasteiger charge is 2.01. The largest absolute Gasteiger partial charge is 0.469 e. The van der Waals surface area contributed by atoms with Gasteiger partial charge in [-0.15, -0.1) is 0 Å². The van der Waals surface area contributed by atoms with Gasteiger partial charge in [-0.1, -0.05) is 53.8 Å². The summed E-state index contributed by atoms with van der Waals surface area (Å²) in [5, 5.41) is 0.447.